The fourth-order valence-corrected chi connectivity index (χ4v) is 3.47. The SMILES string of the molecule is NCCCCC(NC(=O)C(Cc1ccc(O)cc1)NC(=O)C(N)CC(=O)O)C(=O)NC(CCC(=O)O)C(=O)O. The summed E-state index contributed by atoms with van der Waals surface area (Å²) in [7, 11) is 0. The third-order valence-electron chi connectivity index (χ3n) is 5.58. The van der Waals surface area contributed by atoms with E-state index < -0.39 is 72.6 Å². The number of aromatic hydroxyl groups is 1. The van der Waals surface area contributed by atoms with Gasteiger partial charge in [-0.25, -0.2) is 4.79 Å². The van der Waals surface area contributed by atoms with Gasteiger partial charge >= 0.3 is 17.9 Å². The molecule has 39 heavy (non-hydrogen) atoms. The summed E-state index contributed by atoms with van der Waals surface area (Å²) in [4.78, 5) is 72.0. The summed E-state index contributed by atoms with van der Waals surface area (Å²) in [5, 5.41) is 43.7. The molecule has 216 valence electrons. The van der Waals surface area contributed by atoms with Crippen molar-refractivity contribution in [3.8, 4) is 5.75 Å². The van der Waals surface area contributed by atoms with Gasteiger partial charge < -0.3 is 47.8 Å². The highest BCUT2D eigenvalue weighted by Crippen LogP contribution is 2.12. The molecule has 15 nitrogen and oxygen atoms in total. The lowest BCUT2D eigenvalue weighted by Crippen LogP contribution is -2.57. The van der Waals surface area contributed by atoms with E-state index in [1.54, 1.807) is 0 Å². The van der Waals surface area contributed by atoms with Crippen LogP contribution in [0.15, 0.2) is 24.3 Å². The molecule has 1 aromatic carbocycles. The molecule has 15 heteroatoms. The minimum absolute atomic E-state index is 0.0419. The van der Waals surface area contributed by atoms with Crippen LogP contribution in [0.1, 0.15) is 44.1 Å². The number of nitrogens with two attached hydrogens (primary N) is 2. The second-order valence-corrected chi connectivity index (χ2v) is 8.81. The molecule has 0 bridgehead atoms. The number of benzene rings is 1. The summed E-state index contributed by atoms with van der Waals surface area (Å²) in [5.74, 6) is -6.73. The molecule has 0 fully saturated rings. The van der Waals surface area contributed by atoms with E-state index in [1.807, 2.05) is 0 Å². The number of aliphatic carboxylic acids is 3. The van der Waals surface area contributed by atoms with E-state index in [0.29, 0.717) is 24.9 Å². The van der Waals surface area contributed by atoms with Crippen molar-refractivity contribution < 1.29 is 49.2 Å². The molecule has 0 saturated carbocycles. The van der Waals surface area contributed by atoms with Crippen LogP contribution in [0.2, 0.25) is 0 Å². The van der Waals surface area contributed by atoms with Crippen molar-refractivity contribution in [1.29, 1.82) is 0 Å². The predicted molar refractivity (Wildman–Crippen MR) is 135 cm³/mol. The van der Waals surface area contributed by atoms with Crippen molar-refractivity contribution in [1.82, 2.24) is 16.0 Å². The Labute approximate surface area is 223 Å². The van der Waals surface area contributed by atoms with E-state index in [0.717, 1.165) is 0 Å². The number of hydrogen-bond donors (Lipinski definition) is 9. The van der Waals surface area contributed by atoms with Gasteiger partial charge in [0.25, 0.3) is 0 Å². The number of phenolic OH excluding ortho intramolecular Hbond substituents is 1. The average molecular weight is 554 g/mol. The first-order chi connectivity index (χ1) is 18.3. The van der Waals surface area contributed by atoms with E-state index >= 15 is 0 Å². The summed E-state index contributed by atoms with van der Waals surface area (Å²) >= 11 is 0. The Balaban J connectivity index is 3.14. The largest absolute Gasteiger partial charge is 0.508 e. The van der Waals surface area contributed by atoms with Gasteiger partial charge in [0.15, 0.2) is 0 Å². The number of carboxylic acid groups (broad SMARTS) is 3. The molecule has 0 heterocycles. The van der Waals surface area contributed by atoms with Crippen LogP contribution in [0, 0.1) is 0 Å². The van der Waals surface area contributed by atoms with Gasteiger partial charge in [0.1, 0.15) is 23.9 Å². The molecule has 0 radical (unpaired) electrons. The molecular weight excluding hydrogens is 518 g/mol. The van der Waals surface area contributed by atoms with Crippen molar-refractivity contribution in [2.45, 2.75) is 69.1 Å². The zero-order chi connectivity index (χ0) is 29.5. The second-order valence-electron chi connectivity index (χ2n) is 8.81. The van der Waals surface area contributed by atoms with Crippen LogP contribution in [0.5, 0.6) is 5.75 Å². The Morgan fingerprint density at radius 3 is 1.85 bits per heavy atom. The van der Waals surface area contributed by atoms with Crippen molar-refractivity contribution >= 4 is 35.6 Å². The van der Waals surface area contributed by atoms with E-state index in [2.05, 4.69) is 16.0 Å². The molecule has 3 amide bonds. The van der Waals surface area contributed by atoms with Crippen LogP contribution in [0.4, 0.5) is 0 Å². The molecular formula is C24H35N5O10. The fraction of sp³-hybridized carbons (Fsp3) is 0.500. The molecule has 1 rings (SSSR count). The van der Waals surface area contributed by atoms with Gasteiger partial charge in [-0.2, -0.15) is 0 Å². The lowest BCUT2D eigenvalue weighted by Gasteiger charge is -2.25. The van der Waals surface area contributed by atoms with Gasteiger partial charge in [-0.1, -0.05) is 12.1 Å². The second kappa shape index (κ2) is 16.6. The molecule has 0 saturated heterocycles. The number of amides is 3. The molecule has 11 N–H and O–H groups in total. The minimum Gasteiger partial charge on any atom is -0.508 e. The number of nitrogens with one attached hydrogen (secondary N) is 3. The molecule has 0 spiro atoms. The summed E-state index contributed by atoms with van der Waals surface area (Å²) in [5.41, 5.74) is 11.6. The Morgan fingerprint density at radius 2 is 1.31 bits per heavy atom. The molecule has 1 aromatic rings. The highest BCUT2D eigenvalue weighted by Gasteiger charge is 2.31. The Bertz CT molecular complexity index is 1020. The number of hydrogen-bond acceptors (Lipinski definition) is 9. The van der Waals surface area contributed by atoms with Gasteiger partial charge in [0.2, 0.25) is 17.7 Å². The number of carbonyl (C=O) groups excluding carboxylic acids is 3. The van der Waals surface area contributed by atoms with Gasteiger partial charge in [-0.15, -0.1) is 0 Å². The van der Waals surface area contributed by atoms with Crippen LogP contribution in [0.25, 0.3) is 0 Å². The first-order valence-corrected chi connectivity index (χ1v) is 12.1. The maximum absolute atomic E-state index is 13.2. The maximum atomic E-state index is 13.2. The quantitative estimate of drug-likeness (QED) is 0.0917. The Morgan fingerprint density at radius 1 is 0.744 bits per heavy atom. The highest BCUT2D eigenvalue weighted by atomic mass is 16.4. The van der Waals surface area contributed by atoms with Crippen LogP contribution < -0.4 is 27.4 Å². The first-order valence-electron chi connectivity index (χ1n) is 12.1. The fourth-order valence-electron chi connectivity index (χ4n) is 3.47. The molecule has 4 atom stereocenters. The normalized spacial score (nSPS) is 13.8. The average Bonchev–Trinajstić information content (AvgIpc) is 2.85. The van der Waals surface area contributed by atoms with E-state index in [4.69, 9.17) is 21.7 Å². The third kappa shape index (κ3) is 12.7. The molecule has 0 aliphatic carbocycles. The van der Waals surface area contributed by atoms with Crippen LogP contribution in [-0.4, -0.2) is 86.8 Å². The Hall–Kier alpha value is -4.24. The summed E-state index contributed by atoms with van der Waals surface area (Å²) in [6.07, 6.45) is -0.807. The van der Waals surface area contributed by atoms with Crippen molar-refractivity contribution in [2.75, 3.05) is 6.54 Å². The third-order valence-corrected chi connectivity index (χ3v) is 5.58. The summed E-state index contributed by atoms with van der Waals surface area (Å²) in [6, 6.07) is 0.116. The zero-order valence-electron chi connectivity index (χ0n) is 21.2. The molecule has 0 aliphatic heterocycles. The van der Waals surface area contributed by atoms with Gasteiger partial charge in [0.05, 0.1) is 12.5 Å². The van der Waals surface area contributed by atoms with E-state index in [1.165, 1.54) is 24.3 Å². The lowest BCUT2D eigenvalue weighted by atomic mass is 10.0. The monoisotopic (exact) mass is 553 g/mol. The van der Waals surface area contributed by atoms with Gasteiger partial charge in [-0.05, 0) is 49.9 Å². The van der Waals surface area contributed by atoms with Gasteiger partial charge in [0, 0.05) is 12.8 Å². The van der Waals surface area contributed by atoms with Crippen LogP contribution in [-0.2, 0) is 35.2 Å². The number of carbonyl (C=O) groups is 6. The summed E-state index contributed by atoms with van der Waals surface area (Å²) < 4.78 is 0. The van der Waals surface area contributed by atoms with Crippen molar-refractivity contribution in [2.24, 2.45) is 11.5 Å². The zero-order valence-corrected chi connectivity index (χ0v) is 21.2. The number of phenols is 1. The predicted octanol–water partition coefficient (Wildman–Crippen LogP) is -1.73. The number of carboxylic acids is 3. The Kier molecular flexibility index (Phi) is 13.9. The minimum atomic E-state index is -1.52. The molecule has 4 unspecified atom stereocenters. The van der Waals surface area contributed by atoms with Crippen molar-refractivity contribution in [3.63, 3.8) is 0 Å². The van der Waals surface area contributed by atoms with Crippen molar-refractivity contribution in [3.05, 3.63) is 29.8 Å². The highest BCUT2D eigenvalue weighted by molar-refractivity contribution is 5.95. The maximum Gasteiger partial charge on any atom is 0.326 e. The lowest BCUT2D eigenvalue weighted by molar-refractivity contribution is -0.143. The van der Waals surface area contributed by atoms with Crippen LogP contribution in [0.3, 0.4) is 0 Å². The standard InChI is InChI=1S/C24H35N5O10/c25-10-2-1-3-16(22(36)28-17(24(38)39)8-9-19(31)32)27-23(37)18(11-13-4-6-14(30)7-5-13)29-21(35)15(26)12-20(33)34/h4-7,15-18,30H,1-3,8-12,25-26H2,(H,27,37)(H,28,36)(H,29,35)(H,31,32)(H,33,34)(H,38,39). The molecule has 0 aromatic heterocycles. The number of rotatable bonds is 18. The first kappa shape index (κ1) is 32.8. The molecule has 0 aliphatic rings. The van der Waals surface area contributed by atoms with Crippen LogP contribution >= 0.6 is 0 Å². The topological polar surface area (TPSA) is 271 Å². The van der Waals surface area contributed by atoms with Gasteiger partial charge in [-0.3, -0.25) is 24.0 Å². The summed E-state index contributed by atoms with van der Waals surface area (Å²) in [6.45, 7) is 0.291. The van der Waals surface area contributed by atoms with E-state index in [-0.39, 0.29) is 25.0 Å². The number of unbranched alkanes of at least 4 members (excludes halogenated alkanes) is 1. The van der Waals surface area contributed by atoms with E-state index in [9.17, 15) is 39.0 Å². The smallest absolute Gasteiger partial charge is 0.326 e.